The van der Waals surface area contributed by atoms with Crippen LogP contribution in [0.5, 0.6) is 0 Å². The molecular weight excluding hydrogens is 229 g/mol. The molecule has 2 rings (SSSR count). The summed E-state index contributed by atoms with van der Waals surface area (Å²) in [6.45, 7) is 1.75. The lowest BCUT2D eigenvalue weighted by Crippen LogP contribution is -1.98. The predicted molar refractivity (Wildman–Crippen MR) is 62.8 cm³/mol. The number of nitrogens with two attached hydrogens (primary N) is 1. The molecule has 0 aliphatic carbocycles. The first-order valence-electron chi connectivity index (χ1n) is 4.74. The molecule has 1 aromatic heterocycles. The number of rotatable bonds is 1. The van der Waals surface area contributed by atoms with E-state index in [9.17, 15) is 4.39 Å². The maximum Gasteiger partial charge on any atom is 0.131 e. The van der Waals surface area contributed by atoms with E-state index >= 15 is 0 Å². The summed E-state index contributed by atoms with van der Waals surface area (Å²) in [5.74, 6) is 0.0698. The standard InChI is InChI=1S/C11H11ClFN3/c1-6-3-10(13)7(4-9(6)12)8-5-15-16(2)11(8)14/h3-5H,14H2,1-2H3. The zero-order valence-corrected chi connectivity index (χ0v) is 9.72. The molecule has 84 valence electrons. The van der Waals surface area contributed by atoms with E-state index in [-0.39, 0.29) is 5.82 Å². The monoisotopic (exact) mass is 239 g/mol. The van der Waals surface area contributed by atoms with Crippen LogP contribution in [0, 0.1) is 12.7 Å². The van der Waals surface area contributed by atoms with E-state index in [0.717, 1.165) is 0 Å². The van der Waals surface area contributed by atoms with Crippen molar-refractivity contribution in [3.05, 3.63) is 34.7 Å². The maximum atomic E-state index is 13.8. The molecule has 16 heavy (non-hydrogen) atoms. The molecule has 0 spiro atoms. The highest BCUT2D eigenvalue weighted by molar-refractivity contribution is 6.31. The molecule has 0 saturated heterocycles. The van der Waals surface area contributed by atoms with Crippen molar-refractivity contribution in [1.82, 2.24) is 9.78 Å². The van der Waals surface area contributed by atoms with Crippen LogP contribution < -0.4 is 5.73 Å². The van der Waals surface area contributed by atoms with Crippen molar-refractivity contribution < 1.29 is 4.39 Å². The molecule has 1 heterocycles. The Bertz CT molecular complexity index is 548. The SMILES string of the molecule is Cc1cc(F)c(-c2cnn(C)c2N)cc1Cl. The van der Waals surface area contributed by atoms with Crippen LogP contribution in [0.15, 0.2) is 18.3 Å². The molecule has 0 saturated carbocycles. The summed E-state index contributed by atoms with van der Waals surface area (Å²) in [4.78, 5) is 0. The minimum absolute atomic E-state index is 0.346. The normalized spacial score (nSPS) is 10.8. The van der Waals surface area contributed by atoms with Gasteiger partial charge in [-0.05, 0) is 24.6 Å². The molecule has 0 amide bonds. The van der Waals surface area contributed by atoms with Crippen LogP contribution in [-0.2, 0) is 7.05 Å². The van der Waals surface area contributed by atoms with Crippen molar-refractivity contribution in [2.24, 2.45) is 7.05 Å². The summed E-state index contributed by atoms with van der Waals surface area (Å²) >= 11 is 5.96. The zero-order chi connectivity index (χ0) is 11.9. The van der Waals surface area contributed by atoms with Gasteiger partial charge in [0, 0.05) is 23.2 Å². The van der Waals surface area contributed by atoms with Crippen LogP contribution in [0.3, 0.4) is 0 Å². The van der Waals surface area contributed by atoms with Crippen LogP contribution in [0.1, 0.15) is 5.56 Å². The lowest BCUT2D eigenvalue weighted by Gasteiger charge is -2.05. The number of aryl methyl sites for hydroxylation is 2. The van der Waals surface area contributed by atoms with Gasteiger partial charge in [-0.15, -0.1) is 0 Å². The number of nitrogens with zero attached hydrogens (tertiary/aromatic N) is 2. The average molecular weight is 240 g/mol. The zero-order valence-electron chi connectivity index (χ0n) is 8.96. The topological polar surface area (TPSA) is 43.8 Å². The molecule has 0 aliphatic heterocycles. The summed E-state index contributed by atoms with van der Waals surface area (Å²) in [5.41, 5.74) is 7.42. The average Bonchev–Trinajstić information content (AvgIpc) is 2.54. The molecule has 3 nitrogen and oxygen atoms in total. The van der Waals surface area contributed by atoms with Gasteiger partial charge in [0.1, 0.15) is 11.6 Å². The van der Waals surface area contributed by atoms with Gasteiger partial charge in [-0.2, -0.15) is 5.10 Å². The van der Waals surface area contributed by atoms with Crippen molar-refractivity contribution in [2.45, 2.75) is 6.92 Å². The number of hydrogen-bond acceptors (Lipinski definition) is 2. The lowest BCUT2D eigenvalue weighted by atomic mass is 10.1. The summed E-state index contributed by atoms with van der Waals surface area (Å²) in [6.07, 6.45) is 1.53. The maximum absolute atomic E-state index is 13.8. The fraction of sp³-hybridized carbons (Fsp3) is 0.182. The van der Waals surface area contributed by atoms with E-state index in [1.165, 1.54) is 16.9 Å². The Balaban J connectivity index is 2.65. The van der Waals surface area contributed by atoms with Gasteiger partial charge in [0.05, 0.1) is 6.20 Å². The van der Waals surface area contributed by atoms with Crippen LogP contribution in [0.4, 0.5) is 10.2 Å². The number of hydrogen-bond donors (Lipinski definition) is 1. The van der Waals surface area contributed by atoms with Gasteiger partial charge in [-0.3, -0.25) is 4.68 Å². The van der Waals surface area contributed by atoms with E-state index in [4.69, 9.17) is 17.3 Å². The summed E-state index contributed by atoms with van der Waals surface area (Å²) in [7, 11) is 1.70. The minimum Gasteiger partial charge on any atom is -0.383 e. The van der Waals surface area contributed by atoms with Crippen molar-refractivity contribution in [2.75, 3.05) is 5.73 Å². The Morgan fingerprint density at radius 1 is 1.38 bits per heavy atom. The Morgan fingerprint density at radius 2 is 2.06 bits per heavy atom. The van der Waals surface area contributed by atoms with Crippen LogP contribution in [-0.4, -0.2) is 9.78 Å². The van der Waals surface area contributed by atoms with Gasteiger partial charge < -0.3 is 5.73 Å². The summed E-state index contributed by atoms with van der Waals surface area (Å²) < 4.78 is 15.2. The van der Waals surface area contributed by atoms with E-state index < -0.39 is 0 Å². The van der Waals surface area contributed by atoms with Crippen LogP contribution in [0.25, 0.3) is 11.1 Å². The Hall–Kier alpha value is -1.55. The van der Waals surface area contributed by atoms with Gasteiger partial charge in [0.15, 0.2) is 0 Å². The highest BCUT2D eigenvalue weighted by atomic mass is 35.5. The van der Waals surface area contributed by atoms with Gasteiger partial charge in [-0.25, -0.2) is 4.39 Å². The summed E-state index contributed by atoms with van der Waals surface area (Å²) in [6, 6.07) is 2.96. The van der Waals surface area contributed by atoms with E-state index in [0.29, 0.717) is 27.5 Å². The lowest BCUT2D eigenvalue weighted by molar-refractivity contribution is 0.630. The third-order valence-corrected chi connectivity index (χ3v) is 2.93. The first-order valence-corrected chi connectivity index (χ1v) is 5.12. The van der Waals surface area contributed by atoms with Crippen LogP contribution in [0.2, 0.25) is 5.02 Å². The molecule has 0 aliphatic rings. The second kappa shape index (κ2) is 3.79. The van der Waals surface area contributed by atoms with Crippen LogP contribution >= 0.6 is 11.6 Å². The van der Waals surface area contributed by atoms with Crippen molar-refractivity contribution in [3.63, 3.8) is 0 Å². The Morgan fingerprint density at radius 3 is 2.62 bits per heavy atom. The third-order valence-electron chi connectivity index (χ3n) is 2.52. The van der Waals surface area contributed by atoms with Crippen molar-refractivity contribution in [1.29, 1.82) is 0 Å². The summed E-state index contributed by atoms with van der Waals surface area (Å²) in [5, 5.41) is 4.48. The molecule has 2 N–H and O–H groups in total. The predicted octanol–water partition coefficient (Wildman–Crippen LogP) is 2.77. The highest BCUT2D eigenvalue weighted by Gasteiger charge is 2.13. The molecule has 0 fully saturated rings. The third kappa shape index (κ3) is 1.65. The fourth-order valence-electron chi connectivity index (χ4n) is 1.51. The molecular formula is C11H11ClFN3. The quantitative estimate of drug-likeness (QED) is 0.832. The number of benzene rings is 1. The van der Waals surface area contributed by atoms with Gasteiger partial charge >= 0.3 is 0 Å². The smallest absolute Gasteiger partial charge is 0.131 e. The van der Waals surface area contributed by atoms with Crippen molar-refractivity contribution >= 4 is 17.4 Å². The Labute approximate surface area is 97.6 Å². The Kier molecular flexibility index (Phi) is 2.59. The fourth-order valence-corrected chi connectivity index (χ4v) is 1.67. The highest BCUT2D eigenvalue weighted by Crippen LogP contribution is 2.31. The van der Waals surface area contributed by atoms with Crippen molar-refractivity contribution in [3.8, 4) is 11.1 Å². The number of halogens is 2. The molecule has 1 aromatic carbocycles. The molecule has 0 atom stereocenters. The molecule has 0 bridgehead atoms. The number of nitrogen functional groups attached to an aromatic ring is 1. The first kappa shape index (κ1) is 11.0. The minimum atomic E-state index is -0.346. The molecule has 5 heteroatoms. The number of anilines is 1. The largest absolute Gasteiger partial charge is 0.383 e. The molecule has 2 aromatic rings. The van der Waals surface area contributed by atoms with E-state index in [2.05, 4.69) is 5.10 Å². The van der Waals surface area contributed by atoms with Gasteiger partial charge in [0.25, 0.3) is 0 Å². The first-order chi connectivity index (χ1) is 7.50. The second-order valence-corrected chi connectivity index (χ2v) is 4.06. The molecule has 0 radical (unpaired) electrons. The molecule has 0 unspecified atom stereocenters. The van der Waals surface area contributed by atoms with E-state index in [1.54, 1.807) is 20.0 Å². The second-order valence-electron chi connectivity index (χ2n) is 3.65. The van der Waals surface area contributed by atoms with Gasteiger partial charge in [-0.1, -0.05) is 11.6 Å². The van der Waals surface area contributed by atoms with E-state index in [1.807, 2.05) is 0 Å². The number of aromatic nitrogens is 2. The van der Waals surface area contributed by atoms with Gasteiger partial charge in [0.2, 0.25) is 0 Å².